The molecule has 0 aliphatic rings. The number of fused-ring (bicyclic) bond motifs is 1. The Balaban J connectivity index is 2.08. The van der Waals surface area contributed by atoms with E-state index < -0.39 is 0 Å². The summed E-state index contributed by atoms with van der Waals surface area (Å²) in [5.74, 6) is 0.609. The molecule has 2 N–H and O–H groups in total. The van der Waals surface area contributed by atoms with E-state index in [1.54, 1.807) is 18.2 Å². The molecule has 0 unspecified atom stereocenters. The van der Waals surface area contributed by atoms with Crippen molar-refractivity contribution in [3.05, 3.63) is 63.9 Å². The molecule has 0 amide bonds. The number of nitrogens with zero attached hydrogens (tertiary/aromatic N) is 1. The minimum Gasteiger partial charge on any atom is -0.338 e. The fourth-order valence-electron chi connectivity index (χ4n) is 1.88. The highest BCUT2D eigenvalue weighted by molar-refractivity contribution is 6.30. The number of rotatable bonds is 2. The van der Waals surface area contributed by atoms with Crippen LogP contribution < -0.4 is 10.9 Å². The van der Waals surface area contributed by atoms with Gasteiger partial charge < -0.3 is 5.32 Å². The molecule has 1 aromatic heterocycles. The molecule has 1 heterocycles. The van der Waals surface area contributed by atoms with Crippen LogP contribution >= 0.6 is 11.6 Å². The third kappa shape index (κ3) is 2.30. The van der Waals surface area contributed by atoms with Crippen molar-refractivity contribution in [2.45, 2.75) is 0 Å². The highest BCUT2D eigenvalue weighted by Crippen LogP contribution is 2.22. The number of hydrogen-bond donors (Lipinski definition) is 2. The number of anilines is 2. The Hall–Kier alpha value is -2.33. The highest BCUT2D eigenvalue weighted by atomic mass is 35.5. The summed E-state index contributed by atoms with van der Waals surface area (Å²) in [5, 5.41) is 11.7. The van der Waals surface area contributed by atoms with Gasteiger partial charge in [-0.05, 0) is 30.3 Å². The number of aromatic amines is 1. The Bertz CT molecular complexity index is 781. The van der Waals surface area contributed by atoms with Crippen LogP contribution in [0.5, 0.6) is 0 Å². The lowest BCUT2D eigenvalue weighted by atomic mass is 10.2. The van der Waals surface area contributed by atoms with Crippen LogP contribution in [-0.2, 0) is 0 Å². The van der Waals surface area contributed by atoms with Crippen molar-refractivity contribution in [3.63, 3.8) is 0 Å². The quantitative estimate of drug-likeness (QED) is 0.752. The van der Waals surface area contributed by atoms with Crippen LogP contribution in [0.3, 0.4) is 0 Å². The predicted octanol–water partition coefficient (Wildman–Crippen LogP) is 3.32. The SMILES string of the molecule is O=c1[nH]nc(Nc2ccc(Cl)cc2)c2ccccc12. The molecule has 3 aromatic rings. The minimum absolute atomic E-state index is 0.197. The second kappa shape index (κ2) is 4.74. The molecule has 0 aliphatic carbocycles. The monoisotopic (exact) mass is 271 g/mol. The van der Waals surface area contributed by atoms with Gasteiger partial charge in [-0.15, -0.1) is 0 Å². The molecule has 0 fully saturated rings. The lowest BCUT2D eigenvalue weighted by Crippen LogP contribution is -2.10. The number of hydrogen-bond acceptors (Lipinski definition) is 3. The van der Waals surface area contributed by atoms with Crippen molar-refractivity contribution in [1.82, 2.24) is 10.2 Å². The van der Waals surface area contributed by atoms with Crippen molar-refractivity contribution < 1.29 is 0 Å². The van der Waals surface area contributed by atoms with E-state index in [1.165, 1.54) is 0 Å². The first-order valence-corrected chi connectivity index (χ1v) is 6.12. The van der Waals surface area contributed by atoms with Crippen molar-refractivity contribution in [2.75, 3.05) is 5.32 Å². The Morgan fingerprint density at radius 3 is 2.42 bits per heavy atom. The standard InChI is InChI=1S/C14H10ClN3O/c15-9-5-7-10(8-6-9)16-13-11-3-1-2-4-12(11)14(19)18-17-13/h1-8H,(H,16,17)(H,18,19). The van der Waals surface area contributed by atoms with Gasteiger partial charge in [-0.3, -0.25) is 4.79 Å². The molecule has 4 nitrogen and oxygen atoms in total. The zero-order valence-electron chi connectivity index (χ0n) is 9.85. The molecule has 94 valence electrons. The first-order chi connectivity index (χ1) is 9.24. The van der Waals surface area contributed by atoms with E-state index in [2.05, 4.69) is 15.5 Å². The van der Waals surface area contributed by atoms with Crippen molar-refractivity contribution >= 4 is 33.9 Å². The van der Waals surface area contributed by atoms with Crippen LogP contribution in [0, 0.1) is 0 Å². The molecule has 5 heteroatoms. The first kappa shape index (κ1) is 11.7. The Morgan fingerprint density at radius 2 is 1.68 bits per heavy atom. The molecular formula is C14H10ClN3O. The second-order valence-electron chi connectivity index (χ2n) is 4.08. The summed E-state index contributed by atoms with van der Waals surface area (Å²) in [6.45, 7) is 0. The predicted molar refractivity (Wildman–Crippen MR) is 77.1 cm³/mol. The van der Waals surface area contributed by atoms with Gasteiger partial charge in [0.25, 0.3) is 5.56 Å². The molecule has 0 spiro atoms. The molecular weight excluding hydrogens is 262 g/mol. The van der Waals surface area contributed by atoms with E-state index in [1.807, 2.05) is 30.3 Å². The fraction of sp³-hybridized carbons (Fsp3) is 0. The highest BCUT2D eigenvalue weighted by Gasteiger charge is 2.05. The van der Waals surface area contributed by atoms with Crippen LogP contribution in [-0.4, -0.2) is 10.2 Å². The Labute approximate surface area is 114 Å². The van der Waals surface area contributed by atoms with Gasteiger partial charge in [0.2, 0.25) is 0 Å². The van der Waals surface area contributed by atoms with E-state index >= 15 is 0 Å². The molecule has 0 saturated carbocycles. The molecule has 0 radical (unpaired) electrons. The Kier molecular flexibility index (Phi) is 2.93. The first-order valence-electron chi connectivity index (χ1n) is 5.74. The summed E-state index contributed by atoms with van der Waals surface area (Å²) in [6, 6.07) is 14.6. The zero-order valence-corrected chi connectivity index (χ0v) is 10.6. The smallest absolute Gasteiger partial charge is 0.272 e. The minimum atomic E-state index is -0.197. The van der Waals surface area contributed by atoms with Crippen LogP contribution in [0.4, 0.5) is 11.5 Å². The molecule has 2 aromatic carbocycles. The van der Waals surface area contributed by atoms with Gasteiger partial charge in [0, 0.05) is 16.1 Å². The molecule has 3 rings (SSSR count). The van der Waals surface area contributed by atoms with Gasteiger partial charge in [0.1, 0.15) is 0 Å². The molecule has 0 aliphatic heterocycles. The summed E-state index contributed by atoms with van der Waals surface area (Å²) >= 11 is 5.84. The number of nitrogens with one attached hydrogen (secondary N) is 2. The van der Waals surface area contributed by atoms with Gasteiger partial charge in [0.05, 0.1) is 5.39 Å². The van der Waals surface area contributed by atoms with E-state index in [9.17, 15) is 4.79 Å². The average molecular weight is 272 g/mol. The zero-order chi connectivity index (χ0) is 13.2. The van der Waals surface area contributed by atoms with Crippen LogP contribution in [0.15, 0.2) is 53.3 Å². The maximum absolute atomic E-state index is 11.7. The van der Waals surface area contributed by atoms with Crippen molar-refractivity contribution in [3.8, 4) is 0 Å². The van der Waals surface area contributed by atoms with E-state index in [4.69, 9.17) is 11.6 Å². The van der Waals surface area contributed by atoms with Crippen LogP contribution in [0.25, 0.3) is 10.8 Å². The lowest BCUT2D eigenvalue weighted by Gasteiger charge is -2.07. The van der Waals surface area contributed by atoms with Gasteiger partial charge in [-0.1, -0.05) is 29.8 Å². The number of aromatic nitrogens is 2. The van der Waals surface area contributed by atoms with E-state index in [0.717, 1.165) is 11.1 Å². The summed E-state index contributed by atoms with van der Waals surface area (Å²) in [6.07, 6.45) is 0. The third-order valence-electron chi connectivity index (χ3n) is 2.80. The van der Waals surface area contributed by atoms with E-state index in [0.29, 0.717) is 16.2 Å². The van der Waals surface area contributed by atoms with Gasteiger partial charge in [-0.2, -0.15) is 5.10 Å². The molecule has 0 atom stereocenters. The average Bonchev–Trinajstić information content (AvgIpc) is 2.45. The van der Waals surface area contributed by atoms with Crippen molar-refractivity contribution in [2.24, 2.45) is 0 Å². The number of halogens is 1. The lowest BCUT2D eigenvalue weighted by molar-refractivity contribution is 1.02. The maximum atomic E-state index is 11.7. The van der Waals surface area contributed by atoms with E-state index in [-0.39, 0.29) is 5.56 Å². The second-order valence-corrected chi connectivity index (χ2v) is 4.52. The van der Waals surface area contributed by atoms with Crippen molar-refractivity contribution in [1.29, 1.82) is 0 Å². The molecule has 19 heavy (non-hydrogen) atoms. The molecule has 0 bridgehead atoms. The Morgan fingerprint density at radius 1 is 1.00 bits per heavy atom. The van der Waals surface area contributed by atoms with Gasteiger partial charge in [-0.25, -0.2) is 5.10 Å². The number of benzene rings is 2. The largest absolute Gasteiger partial charge is 0.338 e. The third-order valence-corrected chi connectivity index (χ3v) is 3.05. The van der Waals surface area contributed by atoms with Gasteiger partial charge in [0.15, 0.2) is 5.82 Å². The normalized spacial score (nSPS) is 10.6. The maximum Gasteiger partial charge on any atom is 0.272 e. The topological polar surface area (TPSA) is 57.8 Å². The fourth-order valence-corrected chi connectivity index (χ4v) is 2.01. The van der Waals surface area contributed by atoms with Gasteiger partial charge >= 0.3 is 0 Å². The van der Waals surface area contributed by atoms with Crippen LogP contribution in [0.1, 0.15) is 0 Å². The summed E-state index contributed by atoms with van der Waals surface area (Å²) in [4.78, 5) is 11.7. The summed E-state index contributed by atoms with van der Waals surface area (Å²) in [7, 11) is 0. The summed E-state index contributed by atoms with van der Waals surface area (Å²) < 4.78 is 0. The summed E-state index contributed by atoms with van der Waals surface area (Å²) in [5.41, 5.74) is 0.659. The van der Waals surface area contributed by atoms with Crippen LogP contribution in [0.2, 0.25) is 5.02 Å². The molecule has 0 saturated heterocycles. The number of H-pyrrole nitrogens is 1.